The quantitative estimate of drug-likeness (QED) is 0.853. The fourth-order valence-corrected chi connectivity index (χ4v) is 3.82. The van der Waals surface area contributed by atoms with Crippen LogP contribution in [0, 0.1) is 17.8 Å². The summed E-state index contributed by atoms with van der Waals surface area (Å²) in [4.78, 5) is 11.0. The van der Waals surface area contributed by atoms with Crippen LogP contribution in [0.2, 0.25) is 0 Å². The number of halogens is 3. The van der Waals surface area contributed by atoms with E-state index in [9.17, 15) is 18.0 Å². The largest absolute Gasteiger partial charge is 0.481 e. The van der Waals surface area contributed by atoms with Gasteiger partial charge < -0.3 is 5.11 Å². The molecule has 2 aliphatic carbocycles. The van der Waals surface area contributed by atoms with E-state index in [4.69, 9.17) is 5.11 Å². The van der Waals surface area contributed by atoms with Gasteiger partial charge in [0.1, 0.15) is 0 Å². The molecular formula is C16H15F3O2. The molecule has 2 bridgehead atoms. The normalized spacial score (nSPS) is 30.8. The number of rotatable bonds is 3. The second-order valence-electron chi connectivity index (χ2n) is 5.86. The van der Waals surface area contributed by atoms with Crippen LogP contribution < -0.4 is 0 Å². The lowest BCUT2D eigenvalue weighted by atomic mass is 9.76. The zero-order valence-electron chi connectivity index (χ0n) is 11.2. The summed E-state index contributed by atoms with van der Waals surface area (Å²) in [5.74, 6) is -0.800. The van der Waals surface area contributed by atoms with Gasteiger partial charge in [0.15, 0.2) is 0 Å². The Kier molecular flexibility index (Phi) is 3.30. The number of carboxylic acids is 1. The molecule has 0 aromatic heterocycles. The highest BCUT2D eigenvalue weighted by molar-refractivity contribution is 5.67. The van der Waals surface area contributed by atoms with Gasteiger partial charge in [-0.15, -0.1) is 0 Å². The summed E-state index contributed by atoms with van der Waals surface area (Å²) in [6.45, 7) is 0. The number of hydrogen-bond donors (Lipinski definition) is 1. The number of aliphatic carboxylic acids is 1. The minimum atomic E-state index is -4.37. The molecule has 112 valence electrons. The number of hydrogen-bond acceptors (Lipinski definition) is 1. The molecule has 0 aliphatic heterocycles. The summed E-state index contributed by atoms with van der Waals surface area (Å²) < 4.78 is 38.5. The molecular weight excluding hydrogens is 281 g/mol. The molecule has 3 rings (SSSR count). The second kappa shape index (κ2) is 4.90. The fraction of sp³-hybridized carbons (Fsp3) is 0.438. The third-order valence-corrected chi connectivity index (χ3v) is 4.63. The molecule has 4 atom stereocenters. The van der Waals surface area contributed by atoms with Gasteiger partial charge in [-0.2, -0.15) is 13.2 Å². The zero-order chi connectivity index (χ0) is 15.2. The van der Waals surface area contributed by atoms with E-state index in [-0.39, 0.29) is 30.1 Å². The molecule has 0 radical (unpaired) electrons. The summed E-state index contributed by atoms with van der Waals surface area (Å²) in [5.41, 5.74) is -0.0613. The van der Waals surface area contributed by atoms with Crippen molar-refractivity contribution in [3.63, 3.8) is 0 Å². The molecule has 0 spiro atoms. The molecule has 1 N–H and O–H groups in total. The van der Waals surface area contributed by atoms with Gasteiger partial charge in [0.25, 0.3) is 0 Å². The van der Waals surface area contributed by atoms with Crippen molar-refractivity contribution >= 4 is 5.97 Å². The number of carbonyl (C=O) groups is 1. The van der Waals surface area contributed by atoms with Gasteiger partial charge in [0.05, 0.1) is 5.56 Å². The Morgan fingerprint density at radius 1 is 1.24 bits per heavy atom. The minimum Gasteiger partial charge on any atom is -0.481 e. The second-order valence-corrected chi connectivity index (χ2v) is 5.86. The molecule has 1 aromatic carbocycles. The van der Waals surface area contributed by atoms with E-state index in [1.807, 2.05) is 12.2 Å². The van der Waals surface area contributed by atoms with Gasteiger partial charge in [0.2, 0.25) is 0 Å². The molecule has 21 heavy (non-hydrogen) atoms. The van der Waals surface area contributed by atoms with Crippen molar-refractivity contribution in [3.05, 3.63) is 47.5 Å². The van der Waals surface area contributed by atoms with Gasteiger partial charge in [-0.25, -0.2) is 0 Å². The fourth-order valence-electron chi connectivity index (χ4n) is 3.82. The summed E-state index contributed by atoms with van der Waals surface area (Å²) in [6, 6.07) is 5.32. The van der Waals surface area contributed by atoms with E-state index in [0.29, 0.717) is 5.56 Å². The Labute approximate surface area is 120 Å². The summed E-state index contributed by atoms with van der Waals surface area (Å²) >= 11 is 0. The molecule has 0 amide bonds. The summed E-state index contributed by atoms with van der Waals surface area (Å²) in [6.07, 6.45) is 0.521. The van der Waals surface area contributed by atoms with Crippen molar-refractivity contribution in [2.24, 2.45) is 17.8 Å². The lowest BCUT2D eigenvalue weighted by molar-refractivity contribution is -0.139. The van der Waals surface area contributed by atoms with Crippen molar-refractivity contribution in [1.82, 2.24) is 0 Å². The first-order valence-electron chi connectivity index (χ1n) is 6.93. The number of fused-ring (bicyclic) bond motifs is 2. The van der Waals surface area contributed by atoms with E-state index in [2.05, 4.69) is 0 Å². The van der Waals surface area contributed by atoms with Gasteiger partial charge >= 0.3 is 12.1 Å². The smallest absolute Gasteiger partial charge is 0.416 e. The number of carboxylic acid groups (broad SMARTS) is 1. The lowest BCUT2D eigenvalue weighted by Gasteiger charge is -2.27. The molecule has 0 heterocycles. The molecule has 4 unspecified atom stereocenters. The SMILES string of the molecule is O=C(O)CC1C2C=CC(C2)C1c1cccc(C(F)(F)F)c1. The molecule has 5 heteroatoms. The standard InChI is InChI=1S/C16H15F3O2/c17-16(18,19)12-3-1-2-10(7-12)15-11-5-4-9(6-11)13(15)8-14(20)21/h1-5,7,9,11,13,15H,6,8H2,(H,20,21). The first kappa shape index (κ1) is 14.2. The Morgan fingerprint density at radius 2 is 1.95 bits per heavy atom. The van der Waals surface area contributed by atoms with Crippen LogP contribution in [-0.4, -0.2) is 11.1 Å². The van der Waals surface area contributed by atoms with Crippen molar-refractivity contribution < 1.29 is 23.1 Å². The topological polar surface area (TPSA) is 37.3 Å². The molecule has 1 saturated carbocycles. The predicted molar refractivity (Wildman–Crippen MR) is 70.7 cm³/mol. The Morgan fingerprint density at radius 3 is 2.62 bits per heavy atom. The molecule has 0 saturated heterocycles. The van der Waals surface area contributed by atoms with Gasteiger partial charge in [-0.05, 0) is 41.7 Å². The average Bonchev–Trinajstić information content (AvgIpc) is 2.98. The van der Waals surface area contributed by atoms with E-state index in [1.165, 1.54) is 12.1 Å². The molecule has 2 aliphatic rings. The lowest BCUT2D eigenvalue weighted by Crippen LogP contribution is -2.21. The third kappa shape index (κ3) is 2.57. The Balaban J connectivity index is 1.95. The monoisotopic (exact) mass is 296 g/mol. The first-order valence-corrected chi connectivity index (χ1v) is 6.93. The van der Waals surface area contributed by atoms with E-state index in [1.54, 1.807) is 6.07 Å². The molecule has 1 fully saturated rings. The average molecular weight is 296 g/mol. The van der Waals surface area contributed by atoms with Gasteiger partial charge in [-0.3, -0.25) is 4.79 Å². The van der Waals surface area contributed by atoms with E-state index in [0.717, 1.165) is 12.5 Å². The summed E-state index contributed by atoms with van der Waals surface area (Å²) in [5, 5.41) is 9.05. The number of allylic oxidation sites excluding steroid dienone is 2. The van der Waals surface area contributed by atoms with Gasteiger partial charge in [0, 0.05) is 6.42 Å². The molecule has 2 nitrogen and oxygen atoms in total. The predicted octanol–water partition coefficient (Wildman–Crippen LogP) is 4.09. The highest BCUT2D eigenvalue weighted by Crippen LogP contribution is 2.54. The van der Waals surface area contributed by atoms with Crippen LogP contribution >= 0.6 is 0 Å². The first-order chi connectivity index (χ1) is 9.86. The highest BCUT2D eigenvalue weighted by atomic mass is 19.4. The minimum absolute atomic E-state index is 0.00637. The van der Waals surface area contributed by atoms with Crippen LogP contribution in [0.25, 0.3) is 0 Å². The third-order valence-electron chi connectivity index (χ3n) is 4.63. The van der Waals surface area contributed by atoms with Crippen molar-refractivity contribution in [2.75, 3.05) is 0 Å². The molecule has 1 aromatic rings. The van der Waals surface area contributed by atoms with Crippen LogP contribution in [0.15, 0.2) is 36.4 Å². The summed E-state index contributed by atoms with van der Waals surface area (Å²) in [7, 11) is 0. The highest BCUT2D eigenvalue weighted by Gasteiger charge is 2.46. The van der Waals surface area contributed by atoms with Crippen molar-refractivity contribution in [1.29, 1.82) is 0 Å². The van der Waals surface area contributed by atoms with Crippen molar-refractivity contribution in [2.45, 2.75) is 24.9 Å². The van der Waals surface area contributed by atoms with Gasteiger partial charge in [-0.1, -0.05) is 30.4 Å². The maximum atomic E-state index is 12.8. The number of alkyl halides is 3. The maximum absolute atomic E-state index is 12.8. The van der Waals surface area contributed by atoms with E-state index < -0.39 is 17.7 Å². The number of benzene rings is 1. The Bertz CT molecular complexity index is 591. The zero-order valence-corrected chi connectivity index (χ0v) is 11.2. The van der Waals surface area contributed by atoms with Crippen LogP contribution in [0.3, 0.4) is 0 Å². The Hall–Kier alpha value is -1.78. The van der Waals surface area contributed by atoms with Crippen LogP contribution in [0.5, 0.6) is 0 Å². The van der Waals surface area contributed by atoms with Crippen LogP contribution in [-0.2, 0) is 11.0 Å². The van der Waals surface area contributed by atoms with Crippen LogP contribution in [0.1, 0.15) is 29.9 Å². The van der Waals surface area contributed by atoms with E-state index >= 15 is 0 Å². The van der Waals surface area contributed by atoms with Crippen molar-refractivity contribution in [3.8, 4) is 0 Å². The van der Waals surface area contributed by atoms with Crippen LogP contribution in [0.4, 0.5) is 13.2 Å². The maximum Gasteiger partial charge on any atom is 0.416 e.